The van der Waals surface area contributed by atoms with Crippen molar-refractivity contribution in [2.75, 3.05) is 10.6 Å². The molecule has 0 fully saturated rings. The number of halogens is 2. The molecule has 0 spiro atoms. The molecule has 2 aromatic carbocycles. The number of pyridine rings is 1. The van der Waals surface area contributed by atoms with Crippen LogP contribution < -0.4 is 16.0 Å². The minimum absolute atomic E-state index is 0.00116. The lowest BCUT2D eigenvalue weighted by molar-refractivity contribution is -0.123. The zero-order chi connectivity index (χ0) is 27.1. The molecule has 0 saturated heterocycles. The van der Waals surface area contributed by atoms with Gasteiger partial charge in [-0.3, -0.25) is 19.4 Å². The van der Waals surface area contributed by atoms with E-state index < -0.39 is 29.6 Å². The smallest absolute Gasteiger partial charge is 0.291 e. The van der Waals surface area contributed by atoms with Crippen molar-refractivity contribution in [3.8, 4) is 0 Å². The average Bonchev–Trinajstić information content (AvgIpc) is 3.52. The molecule has 0 radical (unpaired) electrons. The molecular formula is C26H17ClFN7O3S. The molecule has 1 aliphatic rings. The van der Waals surface area contributed by atoms with Gasteiger partial charge in [-0.05, 0) is 47.9 Å². The second-order valence-corrected chi connectivity index (χ2v) is 9.81. The number of amides is 3. The third-order valence-corrected chi connectivity index (χ3v) is 7.27. The standard InChI is InChI=1S/C26H17ClFN7O3S/c27-17-8-7-13(28)10-16(17)20-22-23(33-25(37)21-15-5-1-2-6-18(15)39-34-21)32-24(35(22)12-19(36)31-20)26(38)30-14-4-3-9-29-11-14/h1-11,20H,12H2,(H,30,38)(H,31,36)(H,33,37). The SMILES string of the molecule is O=C1Cn2c(C(=O)Nc3cccnc3)nc(NC(=O)c3nsc4ccccc34)c2C(c2cc(F)ccc2Cl)N1. The first-order valence-electron chi connectivity index (χ1n) is 11.6. The van der Waals surface area contributed by atoms with Crippen LogP contribution in [0.25, 0.3) is 10.1 Å². The van der Waals surface area contributed by atoms with Gasteiger partial charge in [0, 0.05) is 22.2 Å². The van der Waals surface area contributed by atoms with Crippen molar-refractivity contribution in [1.82, 2.24) is 24.2 Å². The van der Waals surface area contributed by atoms with Gasteiger partial charge in [0.25, 0.3) is 11.8 Å². The van der Waals surface area contributed by atoms with E-state index >= 15 is 0 Å². The van der Waals surface area contributed by atoms with Crippen molar-refractivity contribution in [2.24, 2.45) is 0 Å². The maximum Gasteiger partial charge on any atom is 0.291 e. The van der Waals surface area contributed by atoms with Gasteiger partial charge in [-0.1, -0.05) is 29.8 Å². The van der Waals surface area contributed by atoms with Crippen molar-refractivity contribution < 1.29 is 18.8 Å². The molecule has 3 aromatic heterocycles. The molecule has 0 bridgehead atoms. The van der Waals surface area contributed by atoms with Crippen LogP contribution in [0, 0.1) is 5.82 Å². The summed E-state index contributed by atoms with van der Waals surface area (Å²) >= 11 is 7.57. The van der Waals surface area contributed by atoms with Crippen molar-refractivity contribution in [2.45, 2.75) is 12.6 Å². The van der Waals surface area contributed by atoms with Gasteiger partial charge in [0.2, 0.25) is 11.7 Å². The number of aromatic nitrogens is 4. The summed E-state index contributed by atoms with van der Waals surface area (Å²) in [7, 11) is 0. The second kappa shape index (κ2) is 9.89. The molecule has 1 unspecified atom stereocenters. The summed E-state index contributed by atoms with van der Waals surface area (Å²) in [4.78, 5) is 47.8. The number of rotatable bonds is 5. The van der Waals surface area contributed by atoms with Gasteiger partial charge in [0.05, 0.1) is 28.3 Å². The van der Waals surface area contributed by atoms with E-state index in [2.05, 4.69) is 30.3 Å². The zero-order valence-electron chi connectivity index (χ0n) is 19.8. The molecule has 10 nitrogen and oxygen atoms in total. The molecule has 194 valence electrons. The van der Waals surface area contributed by atoms with Gasteiger partial charge in [-0.25, -0.2) is 9.37 Å². The molecule has 3 amide bonds. The maximum atomic E-state index is 14.3. The van der Waals surface area contributed by atoms with Crippen LogP contribution in [0.4, 0.5) is 15.9 Å². The summed E-state index contributed by atoms with van der Waals surface area (Å²) in [5, 5.41) is 9.05. The zero-order valence-corrected chi connectivity index (χ0v) is 21.4. The van der Waals surface area contributed by atoms with Crippen molar-refractivity contribution >= 4 is 62.4 Å². The lowest BCUT2D eigenvalue weighted by atomic mass is 10.0. The molecule has 0 saturated carbocycles. The summed E-state index contributed by atoms with van der Waals surface area (Å²) in [6.45, 7) is -0.267. The Morgan fingerprint density at radius 3 is 2.77 bits per heavy atom. The normalized spacial score (nSPS) is 14.5. The van der Waals surface area contributed by atoms with Crippen LogP contribution in [-0.4, -0.2) is 36.6 Å². The molecule has 13 heteroatoms. The molecule has 1 aliphatic heterocycles. The summed E-state index contributed by atoms with van der Waals surface area (Å²) in [6.07, 6.45) is 3.01. The van der Waals surface area contributed by atoms with E-state index in [1.807, 2.05) is 12.1 Å². The van der Waals surface area contributed by atoms with Crippen LogP contribution >= 0.6 is 23.1 Å². The van der Waals surface area contributed by atoms with Crippen LogP contribution in [0.15, 0.2) is 67.0 Å². The average molecular weight is 562 g/mol. The highest BCUT2D eigenvalue weighted by atomic mass is 35.5. The summed E-state index contributed by atoms with van der Waals surface area (Å²) < 4.78 is 20.7. The van der Waals surface area contributed by atoms with Crippen LogP contribution in [0.2, 0.25) is 5.02 Å². The largest absolute Gasteiger partial charge is 0.342 e. The Balaban J connectivity index is 1.47. The minimum atomic E-state index is -1.01. The monoisotopic (exact) mass is 561 g/mol. The molecule has 5 aromatic rings. The molecule has 0 aliphatic carbocycles. The number of benzene rings is 2. The van der Waals surface area contributed by atoms with E-state index in [1.165, 1.54) is 40.5 Å². The first-order chi connectivity index (χ1) is 18.9. The van der Waals surface area contributed by atoms with Crippen molar-refractivity contribution in [3.05, 3.63) is 101 Å². The molecule has 3 N–H and O–H groups in total. The predicted octanol–water partition coefficient (Wildman–Crippen LogP) is 4.40. The van der Waals surface area contributed by atoms with Gasteiger partial charge in [-0.15, -0.1) is 0 Å². The Labute approximate surface area is 229 Å². The van der Waals surface area contributed by atoms with E-state index in [1.54, 1.807) is 30.5 Å². The maximum absolute atomic E-state index is 14.3. The summed E-state index contributed by atoms with van der Waals surface area (Å²) in [5.74, 6) is -2.37. The third kappa shape index (κ3) is 4.60. The van der Waals surface area contributed by atoms with E-state index in [9.17, 15) is 18.8 Å². The fourth-order valence-electron chi connectivity index (χ4n) is 4.40. The number of hydrogen-bond donors (Lipinski definition) is 3. The van der Waals surface area contributed by atoms with E-state index in [0.29, 0.717) is 11.1 Å². The second-order valence-electron chi connectivity index (χ2n) is 8.60. The Hall–Kier alpha value is -4.68. The van der Waals surface area contributed by atoms with E-state index in [0.717, 1.165) is 4.70 Å². The van der Waals surface area contributed by atoms with Crippen molar-refractivity contribution in [3.63, 3.8) is 0 Å². The van der Waals surface area contributed by atoms with Gasteiger partial charge >= 0.3 is 0 Å². The molecule has 39 heavy (non-hydrogen) atoms. The van der Waals surface area contributed by atoms with Gasteiger partial charge in [-0.2, -0.15) is 4.37 Å². The fraction of sp³-hybridized carbons (Fsp3) is 0.0769. The molecule has 1 atom stereocenters. The quantitative estimate of drug-likeness (QED) is 0.291. The Morgan fingerprint density at radius 1 is 1.10 bits per heavy atom. The summed E-state index contributed by atoms with van der Waals surface area (Å²) in [5.41, 5.74) is 1.08. The highest BCUT2D eigenvalue weighted by Crippen LogP contribution is 2.36. The Morgan fingerprint density at radius 2 is 1.95 bits per heavy atom. The molecular weight excluding hydrogens is 545 g/mol. The number of fused-ring (bicyclic) bond motifs is 2. The Bertz CT molecular complexity index is 1770. The predicted molar refractivity (Wildman–Crippen MR) is 143 cm³/mol. The number of hydrogen-bond acceptors (Lipinski definition) is 7. The third-order valence-electron chi connectivity index (χ3n) is 6.10. The number of nitrogens with one attached hydrogen (secondary N) is 3. The number of imidazole rings is 1. The highest BCUT2D eigenvalue weighted by Gasteiger charge is 2.36. The van der Waals surface area contributed by atoms with Crippen LogP contribution in [-0.2, 0) is 11.3 Å². The summed E-state index contributed by atoms with van der Waals surface area (Å²) in [6, 6.07) is 13.3. The molecule has 4 heterocycles. The van der Waals surface area contributed by atoms with Crippen LogP contribution in [0.5, 0.6) is 0 Å². The minimum Gasteiger partial charge on any atom is -0.342 e. The lowest BCUT2D eigenvalue weighted by Gasteiger charge is -2.28. The lowest BCUT2D eigenvalue weighted by Crippen LogP contribution is -2.40. The number of anilines is 2. The first-order valence-corrected chi connectivity index (χ1v) is 12.8. The highest BCUT2D eigenvalue weighted by molar-refractivity contribution is 7.13. The molecule has 6 rings (SSSR count). The first kappa shape index (κ1) is 24.6. The van der Waals surface area contributed by atoms with Crippen LogP contribution in [0.1, 0.15) is 38.4 Å². The van der Waals surface area contributed by atoms with Gasteiger partial charge < -0.3 is 20.5 Å². The number of nitrogens with zero attached hydrogens (tertiary/aromatic N) is 4. The van der Waals surface area contributed by atoms with Crippen LogP contribution in [0.3, 0.4) is 0 Å². The van der Waals surface area contributed by atoms with Crippen molar-refractivity contribution in [1.29, 1.82) is 0 Å². The topological polar surface area (TPSA) is 131 Å². The van der Waals surface area contributed by atoms with Gasteiger partial charge in [0.15, 0.2) is 5.82 Å². The van der Waals surface area contributed by atoms with E-state index in [-0.39, 0.29) is 40.2 Å². The van der Waals surface area contributed by atoms with Gasteiger partial charge in [0.1, 0.15) is 18.1 Å². The Kier molecular flexibility index (Phi) is 6.25. The number of carbonyl (C=O) groups is 3. The number of carbonyl (C=O) groups excluding carboxylic acids is 3. The fourth-order valence-corrected chi connectivity index (χ4v) is 5.40. The van der Waals surface area contributed by atoms with E-state index in [4.69, 9.17) is 11.6 Å².